The van der Waals surface area contributed by atoms with Crippen molar-refractivity contribution in [2.45, 2.75) is 13.5 Å². The minimum atomic E-state index is -0.477. The number of anilines is 3. The summed E-state index contributed by atoms with van der Waals surface area (Å²) in [4.78, 5) is 12.3. The second kappa shape index (κ2) is 7.43. The fraction of sp³-hybridized carbons (Fsp3) is 0.118. The highest BCUT2D eigenvalue weighted by Crippen LogP contribution is 2.22. The lowest BCUT2D eigenvalue weighted by molar-refractivity contribution is 0.281. The van der Waals surface area contributed by atoms with Gasteiger partial charge >= 0.3 is 0 Å². The average molecular weight is 404 g/mol. The van der Waals surface area contributed by atoms with Crippen molar-refractivity contribution in [2.24, 2.45) is 0 Å². The third-order valence-electron chi connectivity index (χ3n) is 3.26. The molecule has 25 heavy (non-hydrogen) atoms. The molecule has 0 bridgehead atoms. The van der Waals surface area contributed by atoms with Crippen LogP contribution in [0.3, 0.4) is 0 Å². The molecule has 0 fully saturated rings. The van der Waals surface area contributed by atoms with Gasteiger partial charge in [-0.05, 0) is 37.3 Å². The van der Waals surface area contributed by atoms with Crippen LogP contribution < -0.4 is 15.8 Å². The summed E-state index contributed by atoms with van der Waals surface area (Å²) >= 11 is 3.19. The highest BCUT2D eigenvalue weighted by Gasteiger charge is 2.09. The Kier molecular flexibility index (Phi) is 5.08. The van der Waals surface area contributed by atoms with Crippen LogP contribution in [0.25, 0.3) is 0 Å². The molecule has 0 aliphatic rings. The Balaban J connectivity index is 1.73. The lowest BCUT2D eigenvalue weighted by Crippen LogP contribution is -2.09. The van der Waals surface area contributed by atoms with Gasteiger partial charge in [-0.1, -0.05) is 33.6 Å². The van der Waals surface area contributed by atoms with E-state index in [1.165, 1.54) is 12.1 Å². The summed E-state index contributed by atoms with van der Waals surface area (Å²) in [6.07, 6.45) is 0. The Morgan fingerprint density at radius 1 is 1.12 bits per heavy atom. The van der Waals surface area contributed by atoms with E-state index in [1.54, 1.807) is 6.07 Å². The van der Waals surface area contributed by atoms with Gasteiger partial charge in [0.15, 0.2) is 17.4 Å². The van der Waals surface area contributed by atoms with E-state index in [2.05, 4.69) is 36.2 Å². The number of rotatable bonds is 5. The SMILES string of the molecule is Cc1ccc(Nc2nc(N)nc(COc3ccc(Br)cc3F)n2)cc1. The van der Waals surface area contributed by atoms with E-state index in [4.69, 9.17) is 10.5 Å². The predicted molar refractivity (Wildman–Crippen MR) is 97.1 cm³/mol. The molecule has 0 aliphatic heterocycles. The molecule has 3 N–H and O–H groups in total. The van der Waals surface area contributed by atoms with Crippen LogP contribution in [0.2, 0.25) is 0 Å². The van der Waals surface area contributed by atoms with E-state index < -0.39 is 5.82 Å². The lowest BCUT2D eigenvalue weighted by Gasteiger charge is -2.09. The first-order chi connectivity index (χ1) is 12.0. The third kappa shape index (κ3) is 4.63. The smallest absolute Gasteiger partial charge is 0.232 e. The Labute approximate surface area is 152 Å². The normalized spacial score (nSPS) is 10.5. The van der Waals surface area contributed by atoms with Crippen molar-refractivity contribution in [1.29, 1.82) is 0 Å². The van der Waals surface area contributed by atoms with Crippen LogP contribution in [0.5, 0.6) is 5.75 Å². The van der Waals surface area contributed by atoms with Gasteiger partial charge < -0.3 is 15.8 Å². The first-order valence-corrected chi connectivity index (χ1v) is 8.21. The van der Waals surface area contributed by atoms with Gasteiger partial charge in [-0.25, -0.2) is 4.39 Å². The quantitative estimate of drug-likeness (QED) is 0.669. The van der Waals surface area contributed by atoms with Gasteiger partial charge in [0.2, 0.25) is 11.9 Å². The number of nitrogen functional groups attached to an aromatic ring is 1. The van der Waals surface area contributed by atoms with Crippen molar-refractivity contribution >= 4 is 33.5 Å². The van der Waals surface area contributed by atoms with Crippen molar-refractivity contribution in [2.75, 3.05) is 11.1 Å². The number of aryl methyl sites for hydroxylation is 1. The summed E-state index contributed by atoms with van der Waals surface area (Å²) in [5.74, 6) is 0.278. The molecule has 0 saturated heterocycles. The number of nitrogens with one attached hydrogen (secondary N) is 1. The molecular weight excluding hydrogens is 389 g/mol. The molecule has 1 heterocycles. The van der Waals surface area contributed by atoms with Crippen LogP contribution in [-0.4, -0.2) is 15.0 Å². The number of hydrogen-bond acceptors (Lipinski definition) is 6. The molecule has 0 radical (unpaired) electrons. The zero-order chi connectivity index (χ0) is 17.8. The molecule has 3 aromatic rings. The van der Waals surface area contributed by atoms with Crippen LogP contribution in [0.1, 0.15) is 11.4 Å². The highest BCUT2D eigenvalue weighted by molar-refractivity contribution is 9.10. The maximum atomic E-state index is 13.8. The minimum absolute atomic E-state index is 0.0339. The van der Waals surface area contributed by atoms with Crippen molar-refractivity contribution in [3.05, 3.63) is 64.1 Å². The number of benzene rings is 2. The topological polar surface area (TPSA) is 86.0 Å². The number of hydrogen-bond donors (Lipinski definition) is 2. The largest absolute Gasteiger partial charge is 0.483 e. The van der Waals surface area contributed by atoms with Gasteiger partial charge in [-0.3, -0.25) is 0 Å². The van der Waals surface area contributed by atoms with Crippen LogP contribution in [0.4, 0.5) is 22.0 Å². The Hall–Kier alpha value is -2.74. The van der Waals surface area contributed by atoms with Crippen LogP contribution in [0, 0.1) is 12.7 Å². The second-order valence-electron chi connectivity index (χ2n) is 5.29. The fourth-order valence-electron chi connectivity index (χ4n) is 2.06. The summed E-state index contributed by atoms with van der Waals surface area (Å²) in [7, 11) is 0. The van der Waals surface area contributed by atoms with E-state index in [9.17, 15) is 4.39 Å². The Morgan fingerprint density at radius 3 is 2.60 bits per heavy atom. The van der Waals surface area contributed by atoms with E-state index >= 15 is 0 Å². The van der Waals surface area contributed by atoms with Gasteiger partial charge in [-0.2, -0.15) is 15.0 Å². The minimum Gasteiger partial charge on any atom is -0.483 e. The molecule has 0 saturated carbocycles. The Bertz CT molecular complexity index is 889. The van der Waals surface area contributed by atoms with Crippen LogP contribution in [-0.2, 0) is 6.61 Å². The summed E-state index contributed by atoms with van der Waals surface area (Å²) in [5.41, 5.74) is 7.68. The van der Waals surface area contributed by atoms with Gasteiger partial charge in [0.05, 0.1) is 0 Å². The Morgan fingerprint density at radius 2 is 1.88 bits per heavy atom. The lowest BCUT2D eigenvalue weighted by atomic mass is 10.2. The number of nitrogens with zero attached hydrogens (tertiary/aromatic N) is 3. The maximum absolute atomic E-state index is 13.8. The number of nitrogens with two attached hydrogens (primary N) is 1. The monoisotopic (exact) mass is 403 g/mol. The third-order valence-corrected chi connectivity index (χ3v) is 3.75. The van der Waals surface area contributed by atoms with Gasteiger partial charge in [0, 0.05) is 10.2 Å². The summed E-state index contributed by atoms with van der Waals surface area (Å²) in [6, 6.07) is 12.3. The molecule has 0 spiro atoms. The fourth-order valence-corrected chi connectivity index (χ4v) is 2.39. The molecule has 128 valence electrons. The molecule has 0 unspecified atom stereocenters. The number of halogens is 2. The molecule has 1 aromatic heterocycles. The zero-order valence-electron chi connectivity index (χ0n) is 13.3. The average Bonchev–Trinajstić information content (AvgIpc) is 2.56. The molecule has 8 heteroatoms. The molecule has 6 nitrogen and oxygen atoms in total. The molecule has 0 aliphatic carbocycles. The standard InChI is InChI=1S/C17H15BrFN5O/c1-10-2-5-12(6-3-10)21-17-23-15(22-16(20)24-17)9-25-14-7-4-11(18)8-13(14)19/h2-8H,9H2,1H3,(H3,20,21,22,23,24). The number of ether oxygens (including phenoxy) is 1. The molecule has 2 aromatic carbocycles. The highest BCUT2D eigenvalue weighted by atomic mass is 79.9. The van der Waals surface area contributed by atoms with Crippen molar-refractivity contribution in [1.82, 2.24) is 15.0 Å². The maximum Gasteiger partial charge on any atom is 0.232 e. The van der Waals surface area contributed by atoms with Gasteiger partial charge in [-0.15, -0.1) is 0 Å². The van der Waals surface area contributed by atoms with Crippen molar-refractivity contribution in [3.8, 4) is 5.75 Å². The summed E-state index contributed by atoms with van der Waals surface area (Å²) < 4.78 is 19.8. The van der Waals surface area contributed by atoms with Crippen LogP contribution in [0.15, 0.2) is 46.9 Å². The second-order valence-corrected chi connectivity index (χ2v) is 6.20. The van der Waals surface area contributed by atoms with E-state index in [1.807, 2.05) is 31.2 Å². The summed E-state index contributed by atoms with van der Waals surface area (Å²) in [6.45, 7) is 1.97. The molecule has 0 amide bonds. The van der Waals surface area contributed by atoms with E-state index in [0.717, 1.165) is 11.3 Å². The van der Waals surface area contributed by atoms with Crippen molar-refractivity contribution in [3.63, 3.8) is 0 Å². The molecular formula is C17H15BrFN5O. The molecule has 3 rings (SSSR count). The van der Waals surface area contributed by atoms with E-state index in [-0.39, 0.29) is 18.3 Å². The van der Waals surface area contributed by atoms with Crippen molar-refractivity contribution < 1.29 is 9.13 Å². The molecule has 0 atom stereocenters. The summed E-state index contributed by atoms with van der Waals surface area (Å²) in [5, 5.41) is 3.05. The zero-order valence-corrected chi connectivity index (χ0v) is 14.9. The number of aromatic nitrogens is 3. The van der Waals surface area contributed by atoms with Gasteiger partial charge in [0.25, 0.3) is 0 Å². The van der Waals surface area contributed by atoms with Crippen LogP contribution >= 0.6 is 15.9 Å². The van der Waals surface area contributed by atoms with E-state index in [0.29, 0.717) is 16.2 Å². The van der Waals surface area contributed by atoms with Gasteiger partial charge in [0.1, 0.15) is 6.61 Å². The predicted octanol–water partition coefficient (Wildman–Crippen LogP) is 3.99. The first-order valence-electron chi connectivity index (χ1n) is 7.41. The first kappa shape index (κ1) is 17.1.